The van der Waals surface area contributed by atoms with E-state index in [1.54, 1.807) is 6.07 Å². The fourth-order valence-electron chi connectivity index (χ4n) is 1.55. The van der Waals surface area contributed by atoms with E-state index in [0.29, 0.717) is 6.42 Å². The summed E-state index contributed by atoms with van der Waals surface area (Å²) in [5.41, 5.74) is 2.06. The molecule has 0 radical (unpaired) electrons. The number of nitrogens with zero attached hydrogens (tertiary/aromatic N) is 2. The quantitative estimate of drug-likeness (QED) is 0.780. The highest BCUT2D eigenvalue weighted by Crippen LogP contribution is 2.14. The van der Waals surface area contributed by atoms with Crippen LogP contribution in [0.25, 0.3) is 0 Å². The first-order valence-electron chi connectivity index (χ1n) is 5.36. The average molecular weight is 220 g/mol. The molecular weight excluding hydrogens is 203 g/mol. The Kier molecular flexibility index (Phi) is 4.45. The molecular formula is C13H17FN2. The maximum atomic E-state index is 12.9. The Morgan fingerprint density at radius 3 is 2.75 bits per heavy atom. The molecule has 3 heteroatoms. The molecule has 0 saturated carbocycles. The highest BCUT2D eigenvalue weighted by molar-refractivity contribution is 5.26. The van der Waals surface area contributed by atoms with Crippen molar-refractivity contribution in [1.29, 1.82) is 5.26 Å². The van der Waals surface area contributed by atoms with E-state index in [2.05, 4.69) is 11.0 Å². The van der Waals surface area contributed by atoms with Crippen LogP contribution in [0.1, 0.15) is 24.5 Å². The molecule has 0 saturated heterocycles. The van der Waals surface area contributed by atoms with Crippen LogP contribution in [-0.4, -0.2) is 18.0 Å². The zero-order chi connectivity index (χ0) is 12.1. The fraction of sp³-hybridized carbons (Fsp3) is 0.462. The van der Waals surface area contributed by atoms with Gasteiger partial charge in [0, 0.05) is 12.6 Å². The van der Waals surface area contributed by atoms with E-state index in [1.165, 1.54) is 12.1 Å². The van der Waals surface area contributed by atoms with Gasteiger partial charge in [0.25, 0.3) is 0 Å². The molecule has 0 aromatic heterocycles. The van der Waals surface area contributed by atoms with Crippen LogP contribution in [0, 0.1) is 24.1 Å². The lowest BCUT2D eigenvalue weighted by Gasteiger charge is -2.23. The van der Waals surface area contributed by atoms with E-state index in [4.69, 9.17) is 5.26 Å². The molecule has 1 aromatic carbocycles. The fourth-order valence-corrected chi connectivity index (χ4v) is 1.55. The number of halogens is 1. The van der Waals surface area contributed by atoms with Gasteiger partial charge in [-0.2, -0.15) is 5.26 Å². The van der Waals surface area contributed by atoms with Crippen LogP contribution in [0.5, 0.6) is 0 Å². The summed E-state index contributed by atoms with van der Waals surface area (Å²) in [6.07, 6.45) is 0.511. The number of hydrogen-bond acceptors (Lipinski definition) is 2. The molecule has 1 atom stereocenters. The van der Waals surface area contributed by atoms with Crippen molar-refractivity contribution in [3.05, 3.63) is 35.1 Å². The van der Waals surface area contributed by atoms with Crippen LogP contribution in [0.3, 0.4) is 0 Å². The van der Waals surface area contributed by atoms with Crippen LogP contribution < -0.4 is 0 Å². The maximum Gasteiger partial charge on any atom is 0.123 e. The lowest BCUT2D eigenvalue weighted by atomic mass is 10.1. The summed E-state index contributed by atoms with van der Waals surface area (Å²) in [6.45, 7) is 4.66. The standard InChI is InChI=1S/C13H17FN2/c1-10-8-13(14)5-4-12(10)9-16(3)11(2)6-7-15/h4-5,8,11H,6,9H2,1-3H3. The topological polar surface area (TPSA) is 27.0 Å². The largest absolute Gasteiger partial charge is 0.298 e. The van der Waals surface area contributed by atoms with Crippen molar-refractivity contribution in [2.45, 2.75) is 32.9 Å². The van der Waals surface area contributed by atoms with Gasteiger partial charge in [0.05, 0.1) is 12.5 Å². The molecule has 1 unspecified atom stereocenters. The number of aryl methyl sites for hydroxylation is 1. The lowest BCUT2D eigenvalue weighted by molar-refractivity contribution is 0.252. The molecule has 0 fully saturated rings. The van der Waals surface area contributed by atoms with Gasteiger partial charge in [-0.15, -0.1) is 0 Å². The molecule has 1 rings (SSSR count). The Balaban J connectivity index is 2.70. The van der Waals surface area contributed by atoms with Gasteiger partial charge in [-0.05, 0) is 44.2 Å². The highest BCUT2D eigenvalue weighted by Gasteiger charge is 2.10. The normalized spacial score (nSPS) is 12.5. The first-order chi connectivity index (χ1) is 7.54. The Bertz CT molecular complexity index is 395. The van der Waals surface area contributed by atoms with E-state index >= 15 is 0 Å². The molecule has 16 heavy (non-hydrogen) atoms. The molecule has 0 bridgehead atoms. The monoisotopic (exact) mass is 220 g/mol. The highest BCUT2D eigenvalue weighted by atomic mass is 19.1. The smallest absolute Gasteiger partial charge is 0.123 e. The summed E-state index contributed by atoms with van der Waals surface area (Å²) < 4.78 is 12.9. The minimum absolute atomic E-state index is 0.200. The third kappa shape index (κ3) is 3.32. The van der Waals surface area contributed by atoms with Gasteiger partial charge in [0.2, 0.25) is 0 Å². The number of benzene rings is 1. The van der Waals surface area contributed by atoms with Crippen molar-refractivity contribution in [2.75, 3.05) is 7.05 Å². The number of hydrogen-bond donors (Lipinski definition) is 0. The van der Waals surface area contributed by atoms with Gasteiger partial charge in [-0.1, -0.05) is 6.07 Å². The second-order valence-electron chi connectivity index (χ2n) is 4.20. The van der Waals surface area contributed by atoms with Crippen molar-refractivity contribution >= 4 is 0 Å². The zero-order valence-electron chi connectivity index (χ0n) is 10.00. The second-order valence-corrected chi connectivity index (χ2v) is 4.20. The van der Waals surface area contributed by atoms with E-state index in [-0.39, 0.29) is 11.9 Å². The van der Waals surface area contributed by atoms with E-state index in [0.717, 1.165) is 17.7 Å². The van der Waals surface area contributed by atoms with Crippen molar-refractivity contribution < 1.29 is 4.39 Å². The first-order valence-corrected chi connectivity index (χ1v) is 5.36. The number of rotatable bonds is 4. The van der Waals surface area contributed by atoms with Gasteiger partial charge in [0.15, 0.2) is 0 Å². The molecule has 2 nitrogen and oxygen atoms in total. The van der Waals surface area contributed by atoms with Crippen LogP contribution in [0.2, 0.25) is 0 Å². The predicted molar refractivity (Wildman–Crippen MR) is 62.3 cm³/mol. The van der Waals surface area contributed by atoms with Gasteiger partial charge in [-0.25, -0.2) is 4.39 Å². The van der Waals surface area contributed by atoms with Crippen molar-refractivity contribution in [3.63, 3.8) is 0 Å². The first kappa shape index (κ1) is 12.7. The third-order valence-electron chi connectivity index (χ3n) is 2.86. The molecule has 1 aromatic rings. The molecule has 0 aliphatic heterocycles. The zero-order valence-corrected chi connectivity index (χ0v) is 10.00. The summed E-state index contributed by atoms with van der Waals surface area (Å²) >= 11 is 0. The average Bonchev–Trinajstić information content (AvgIpc) is 2.22. The minimum Gasteiger partial charge on any atom is -0.298 e. The van der Waals surface area contributed by atoms with Crippen LogP contribution in [0.4, 0.5) is 4.39 Å². The molecule has 0 heterocycles. The Hall–Kier alpha value is -1.40. The van der Waals surface area contributed by atoms with E-state index in [1.807, 2.05) is 20.9 Å². The van der Waals surface area contributed by atoms with Crippen LogP contribution in [-0.2, 0) is 6.54 Å². The van der Waals surface area contributed by atoms with Gasteiger partial charge < -0.3 is 0 Å². The Morgan fingerprint density at radius 1 is 1.50 bits per heavy atom. The molecule has 0 aliphatic rings. The third-order valence-corrected chi connectivity index (χ3v) is 2.86. The van der Waals surface area contributed by atoms with Crippen molar-refractivity contribution in [1.82, 2.24) is 4.90 Å². The second kappa shape index (κ2) is 5.62. The maximum absolute atomic E-state index is 12.9. The molecule has 0 amide bonds. The van der Waals surface area contributed by atoms with E-state index < -0.39 is 0 Å². The predicted octanol–water partition coefficient (Wildman–Crippen LogP) is 2.87. The van der Waals surface area contributed by atoms with E-state index in [9.17, 15) is 4.39 Å². The molecule has 0 spiro atoms. The molecule has 86 valence electrons. The van der Waals surface area contributed by atoms with Crippen LogP contribution >= 0.6 is 0 Å². The molecule has 0 aliphatic carbocycles. The van der Waals surface area contributed by atoms with Gasteiger partial charge in [-0.3, -0.25) is 4.90 Å². The van der Waals surface area contributed by atoms with Crippen molar-refractivity contribution in [3.8, 4) is 6.07 Å². The summed E-state index contributed by atoms with van der Waals surface area (Å²) in [4.78, 5) is 2.10. The van der Waals surface area contributed by atoms with Gasteiger partial charge >= 0.3 is 0 Å². The summed E-state index contributed by atoms with van der Waals surface area (Å²) in [6, 6.07) is 7.20. The Morgan fingerprint density at radius 2 is 2.19 bits per heavy atom. The van der Waals surface area contributed by atoms with Crippen LogP contribution in [0.15, 0.2) is 18.2 Å². The minimum atomic E-state index is -0.200. The van der Waals surface area contributed by atoms with Crippen molar-refractivity contribution in [2.24, 2.45) is 0 Å². The molecule has 0 N–H and O–H groups in total. The lowest BCUT2D eigenvalue weighted by Crippen LogP contribution is -2.28. The number of nitriles is 1. The Labute approximate surface area is 96.3 Å². The SMILES string of the molecule is Cc1cc(F)ccc1CN(C)C(C)CC#N. The summed E-state index contributed by atoms with van der Waals surface area (Å²) in [5.74, 6) is -0.200. The summed E-state index contributed by atoms with van der Waals surface area (Å²) in [7, 11) is 1.98. The van der Waals surface area contributed by atoms with Gasteiger partial charge in [0.1, 0.15) is 5.82 Å². The summed E-state index contributed by atoms with van der Waals surface area (Å²) in [5, 5.41) is 8.62.